The zero-order chi connectivity index (χ0) is 22.1. The van der Waals surface area contributed by atoms with Crippen molar-refractivity contribution < 1.29 is 9.59 Å². The fraction of sp³-hybridized carbons (Fsp3) is 0.208. The number of rotatable bonds is 5. The molecule has 8 heteroatoms. The number of thiophene rings is 1. The van der Waals surface area contributed by atoms with Crippen LogP contribution in [0.1, 0.15) is 23.3 Å². The molecule has 2 aromatic heterocycles. The summed E-state index contributed by atoms with van der Waals surface area (Å²) in [5.74, 6) is 0.511. The van der Waals surface area contributed by atoms with E-state index in [0.29, 0.717) is 23.1 Å². The first kappa shape index (κ1) is 20.7. The minimum Gasteiger partial charge on any atom is -0.338 e. The van der Waals surface area contributed by atoms with Crippen LogP contribution in [0.15, 0.2) is 53.9 Å². The van der Waals surface area contributed by atoms with Gasteiger partial charge in [0.25, 0.3) is 0 Å². The second-order valence-electron chi connectivity index (χ2n) is 7.78. The summed E-state index contributed by atoms with van der Waals surface area (Å²) in [6.45, 7) is 1.36. The molecule has 0 atom stereocenters. The summed E-state index contributed by atoms with van der Waals surface area (Å²) in [6.07, 6.45) is 1.25. The molecule has 0 aliphatic carbocycles. The van der Waals surface area contributed by atoms with Crippen molar-refractivity contribution in [1.29, 1.82) is 0 Å². The summed E-state index contributed by atoms with van der Waals surface area (Å²) in [4.78, 5) is 36.0. The molecule has 2 N–H and O–H groups in total. The number of anilines is 1. The van der Waals surface area contributed by atoms with E-state index in [0.717, 1.165) is 29.6 Å². The van der Waals surface area contributed by atoms with E-state index in [1.165, 1.54) is 10.4 Å². The molecule has 162 valence electrons. The topological polar surface area (TPSA) is 78.1 Å². The molecule has 2 amide bonds. The summed E-state index contributed by atoms with van der Waals surface area (Å²) < 4.78 is 0. The fourth-order valence-corrected chi connectivity index (χ4v) is 5.05. The average Bonchev–Trinajstić information content (AvgIpc) is 3.43. The van der Waals surface area contributed by atoms with E-state index in [-0.39, 0.29) is 24.7 Å². The van der Waals surface area contributed by atoms with Gasteiger partial charge in [0.05, 0.1) is 16.1 Å². The number of nitrogens with one attached hydrogen (secondary N) is 2. The van der Waals surface area contributed by atoms with E-state index in [1.807, 2.05) is 47.4 Å². The highest BCUT2D eigenvalue weighted by Crippen LogP contribution is 2.28. The van der Waals surface area contributed by atoms with Crippen LogP contribution in [0.3, 0.4) is 0 Å². The largest absolute Gasteiger partial charge is 0.338 e. The molecule has 1 aliphatic heterocycles. The third-order valence-corrected chi connectivity index (χ3v) is 6.97. The zero-order valence-electron chi connectivity index (χ0n) is 17.2. The van der Waals surface area contributed by atoms with Crippen molar-refractivity contribution in [2.45, 2.75) is 25.8 Å². The Hall–Kier alpha value is -3.16. The number of imidazole rings is 1. The molecule has 2 aromatic carbocycles. The predicted molar refractivity (Wildman–Crippen MR) is 128 cm³/mol. The SMILES string of the molecule is O=C(CCC(=O)N1CCc2sccc2C1)Nc1ccc2nc(-c3ccccc3Cl)[nH]c2c1. The van der Waals surface area contributed by atoms with Crippen molar-refractivity contribution in [3.05, 3.63) is 69.4 Å². The van der Waals surface area contributed by atoms with Crippen LogP contribution < -0.4 is 5.32 Å². The van der Waals surface area contributed by atoms with Crippen LogP contribution in [0, 0.1) is 0 Å². The van der Waals surface area contributed by atoms with E-state index in [4.69, 9.17) is 11.6 Å². The number of halogens is 1. The van der Waals surface area contributed by atoms with E-state index < -0.39 is 0 Å². The summed E-state index contributed by atoms with van der Waals surface area (Å²) in [5, 5.41) is 5.57. The van der Waals surface area contributed by atoms with Crippen LogP contribution >= 0.6 is 22.9 Å². The van der Waals surface area contributed by atoms with E-state index in [2.05, 4.69) is 26.7 Å². The van der Waals surface area contributed by atoms with Crippen LogP contribution in [0.2, 0.25) is 5.02 Å². The lowest BCUT2D eigenvalue weighted by molar-refractivity contribution is -0.133. The first-order valence-corrected chi connectivity index (χ1v) is 11.7. The summed E-state index contributed by atoms with van der Waals surface area (Å²) in [6, 6.07) is 15.1. The number of nitrogens with zero attached hydrogens (tertiary/aromatic N) is 2. The Morgan fingerprint density at radius 3 is 2.91 bits per heavy atom. The number of amides is 2. The zero-order valence-corrected chi connectivity index (χ0v) is 18.8. The van der Waals surface area contributed by atoms with Crippen molar-refractivity contribution in [3.8, 4) is 11.4 Å². The quantitative estimate of drug-likeness (QED) is 0.423. The Kier molecular flexibility index (Phi) is 5.68. The smallest absolute Gasteiger partial charge is 0.224 e. The van der Waals surface area contributed by atoms with Gasteiger partial charge in [-0.05, 0) is 53.8 Å². The Balaban J connectivity index is 1.20. The van der Waals surface area contributed by atoms with Gasteiger partial charge in [0.15, 0.2) is 0 Å². The van der Waals surface area contributed by atoms with Gasteiger partial charge >= 0.3 is 0 Å². The molecule has 0 saturated carbocycles. The Labute approximate surface area is 194 Å². The average molecular weight is 465 g/mol. The van der Waals surface area contributed by atoms with Gasteiger partial charge in [0.2, 0.25) is 11.8 Å². The number of carbonyl (C=O) groups is 2. The number of H-pyrrole nitrogens is 1. The second kappa shape index (κ2) is 8.76. The maximum absolute atomic E-state index is 12.6. The third-order valence-electron chi connectivity index (χ3n) is 5.62. The molecule has 4 aromatic rings. The van der Waals surface area contributed by atoms with Gasteiger partial charge in [-0.25, -0.2) is 4.98 Å². The molecule has 0 radical (unpaired) electrons. The lowest BCUT2D eigenvalue weighted by Gasteiger charge is -2.27. The molecule has 0 saturated heterocycles. The lowest BCUT2D eigenvalue weighted by Crippen LogP contribution is -2.35. The highest BCUT2D eigenvalue weighted by atomic mass is 35.5. The monoisotopic (exact) mass is 464 g/mol. The van der Waals surface area contributed by atoms with Gasteiger partial charge in [-0.2, -0.15) is 0 Å². The van der Waals surface area contributed by atoms with Crippen molar-refractivity contribution in [2.75, 3.05) is 11.9 Å². The molecule has 6 nitrogen and oxygen atoms in total. The number of hydrogen-bond acceptors (Lipinski definition) is 4. The van der Waals surface area contributed by atoms with Crippen LogP contribution in [0.5, 0.6) is 0 Å². The van der Waals surface area contributed by atoms with Gasteiger partial charge < -0.3 is 15.2 Å². The van der Waals surface area contributed by atoms with Crippen LogP contribution in [-0.4, -0.2) is 33.2 Å². The van der Waals surface area contributed by atoms with Crippen molar-refractivity contribution >= 4 is 51.5 Å². The highest BCUT2D eigenvalue weighted by Gasteiger charge is 2.21. The Morgan fingerprint density at radius 2 is 2.03 bits per heavy atom. The number of hydrogen-bond donors (Lipinski definition) is 2. The molecular weight excluding hydrogens is 444 g/mol. The van der Waals surface area contributed by atoms with Crippen LogP contribution in [0.25, 0.3) is 22.4 Å². The molecule has 3 heterocycles. The summed E-state index contributed by atoms with van der Waals surface area (Å²) in [5.41, 5.74) is 4.29. The highest BCUT2D eigenvalue weighted by molar-refractivity contribution is 7.10. The molecule has 0 spiro atoms. The number of aromatic nitrogens is 2. The van der Waals surface area contributed by atoms with Gasteiger partial charge in [0, 0.05) is 42.1 Å². The standard InChI is InChI=1S/C24H21ClN4O2S/c25-18-4-2-1-3-17(18)24-27-19-6-5-16(13-20(19)28-24)26-22(30)7-8-23(31)29-11-9-21-15(14-29)10-12-32-21/h1-6,10,12-13H,7-9,11,14H2,(H,26,30)(H,27,28). The van der Waals surface area contributed by atoms with E-state index >= 15 is 0 Å². The number of fused-ring (bicyclic) bond motifs is 2. The first-order valence-electron chi connectivity index (χ1n) is 10.4. The molecule has 32 heavy (non-hydrogen) atoms. The molecule has 5 rings (SSSR count). The van der Waals surface area contributed by atoms with Gasteiger partial charge in [0.1, 0.15) is 5.82 Å². The molecule has 0 bridgehead atoms. The molecular formula is C24H21ClN4O2S. The van der Waals surface area contributed by atoms with E-state index in [9.17, 15) is 9.59 Å². The molecule has 0 fully saturated rings. The van der Waals surface area contributed by atoms with Crippen LogP contribution in [-0.2, 0) is 22.6 Å². The van der Waals surface area contributed by atoms with Gasteiger partial charge in [-0.15, -0.1) is 11.3 Å². The summed E-state index contributed by atoms with van der Waals surface area (Å²) in [7, 11) is 0. The number of aromatic amines is 1. The van der Waals surface area contributed by atoms with Gasteiger partial charge in [-0.1, -0.05) is 23.7 Å². The number of benzene rings is 2. The maximum Gasteiger partial charge on any atom is 0.224 e. The summed E-state index contributed by atoms with van der Waals surface area (Å²) >= 11 is 8.02. The van der Waals surface area contributed by atoms with Crippen molar-refractivity contribution in [3.63, 3.8) is 0 Å². The third kappa shape index (κ3) is 4.26. The normalized spacial score (nSPS) is 13.2. The molecule has 1 aliphatic rings. The molecule has 0 unspecified atom stereocenters. The Morgan fingerprint density at radius 1 is 1.16 bits per heavy atom. The minimum absolute atomic E-state index is 0.0189. The predicted octanol–water partition coefficient (Wildman–Crippen LogP) is 5.25. The first-order chi connectivity index (χ1) is 15.6. The van der Waals surface area contributed by atoms with Gasteiger partial charge in [-0.3, -0.25) is 9.59 Å². The fourth-order valence-electron chi connectivity index (χ4n) is 3.93. The maximum atomic E-state index is 12.6. The number of carbonyl (C=O) groups excluding carboxylic acids is 2. The van der Waals surface area contributed by atoms with Crippen molar-refractivity contribution in [2.24, 2.45) is 0 Å². The van der Waals surface area contributed by atoms with E-state index in [1.54, 1.807) is 11.3 Å². The Bertz CT molecular complexity index is 1310. The van der Waals surface area contributed by atoms with Crippen LogP contribution in [0.4, 0.5) is 5.69 Å². The minimum atomic E-state index is -0.184. The lowest BCUT2D eigenvalue weighted by atomic mass is 10.1. The van der Waals surface area contributed by atoms with Crippen molar-refractivity contribution in [1.82, 2.24) is 14.9 Å². The second-order valence-corrected chi connectivity index (χ2v) is 9.19.